The number of hydrogen-bond acceptors (Lipinski definition) is 2. The number of carbonyl (C=O) groups is 1. The van der Waals surface area contributed by atoms with E-state index < -0.39 is 5.97 Å². The fourth-order valence-corrected chi connectivity index (χ4v) is 2.62. The van der Waals surface area contributed by atoms with Gasteiger partial charge in [0.05, 0.1) is 6.42 Å². The smallest absolute Gasteiger partial charge is 0.304 e. The molecule has 0 spiro atoms. The molecule has 21 heavy (non-hydrogen) atoms. The Morgan fingerprint density at radius 2 is 1.71 bits per heavy atom. The number of rotatable bonds is 8. The van der Waals surface area contributed by atoms with E-state index in [0.29, 0.717) is 24.4 Å². The SMILES string of the molecule is CC(C)c1ccc(CC(C(C)C)N(C)CCC(=O)O)cc1. The minimum absolute atomic E-state index is 0.200. The van der Waals surface area contributed by atoms with Crippen molar-refractivity contribution in [1.82, 2.24) is 4.90 Å². The van der Waals surface area contributed by atoms with E-state index >= 15 is 0 Å². The molecule has 1 unspecified atom stereocenters. The van der Waals surface area contributed by atoms with Gasteiger partial charge in [-0.3, -0.25) is 4.79 Å². The predicted molar refractivity (Wildman–Crippen MR) is 87.7 cm³/mol. The van der Waals surface area contributed by atoms with Gasteiger partial charge < -0.3 is 10.0 Å². The number of aliphatic carboxylic acids is 1. The van der Waals surface area contributed by atoms with Crippen molar-refractivity contribution in [1.29, 1.82) is 0 Å². The molecule has 0 aliphatic heterocycles. The molecule has 3 nitrogen and oxygen atoms in total. The molecule has 118 valence electrons. The van der Waals surface area contributed by atoms with Crippen molar-refractivity contribution in [2.24, 2.45) is 5.92 Å². The number of carboxylic acids is 1. The molecule has 1 aromatic rings. The van der Waals surface area contributed by atoms with Crippen molar-refractivity contribution in [2.75, 3.05) is 13.6 Å². The van der Waals surface area contributed by atoms with Crippen LogP contribution in [0.5, 0.6) is 0 Å². The lowest BCUT2D eigenvalue weighted by Gasteiger charge is -2.31. The Labute approximate surface area is 129 Å². The average Bonchev–Trinajstić information content (AvgIpc) is 2.42. The summed E-state index contributed by atoms with van der Waals surface area (Å²) in [7, 11) is 2.02. The molecule has 1 aromatic carbocycles. The summed E-state index contributed by atoms with van der Waals surface area (Å²) < 4.78 is 0. The number of carboxylic acid groups (broad SMARTS) is 1. The van der Waals surface area contributed by atoms with E-state index in [1.807, 2.05) is 7.05 Å². The zero-order chi connectivity index (χ0) is 16.0. The summed E-state index contributed by atoms with van der Waals surface area (Å²) in [4.78, 5) is 12.9. The van der Waals surface area contributed by atoms with Gasteiger partial charge in [-0.1, -0.05) is 52.0 Å². The molecule has 3 heteroatoms. The maximum Gasteiger partial charge on any atom is 0.304 e. The molecule has 0 aliphatic carbocycles. The maximum absolute atomic E-state index is 10.7. The number of likely N-dealkylation sites (N-methyl/N-ethyl adjacent to an activating group) is 1. The Balaban J connectivity index is 2.71. The Bertz CT molecular complexity index is 437. The highest BCUT2D eigenvalue weighted by atomic mass is 16.4. The standard InChI is InChI=1S/C18H29NO2/c1-13(2)16-8-6-15(7-9-16)12-17(14(3)4)19(5)11-10-18(20)21/h6-9,13-14,17H,10-12H2,1-5H3,(H,20,21). The highest BCUT2D eigenvalue weighted by molar-refractivity contribution is 5.66. The third-order valence-corrected chi connectivity index (χ3v) is 4.11. The summed E-state index contributed by atoms with van der Waals surface area (Å²) in [6, 6.07) is 9.18. The van der Waals surface area contributed by atoms with E-state index in [1.165, 1.54) is 11.1 Å². The first-order valence-electron chi connectivity index (χ1n) is 7.82. The average molecular weight is 291 g/mol. The second-order valence-corrected chi connectivity index (χ2v) is 6.54. The minimum atomic E-state index is -0.731. The van der Waals surface area contributed by atoms with Crippen LogP contribution in [0, 0.1) is 5.92 Å². The van der Waals surface area contributed by atoms with Gasteiger partial charge in [-0.05, 0) is 36.4 Å². The van der Waals surface area contributed by atoms with Crippen molar-refractivity contribution >= 4 is 5.97 Å². The molecule has 0 saturated carbocycles. The highest BCUT2D eigenvalue weighted by Gasteiger charge is 2.19. The van der Waals surface area contributed by atoms with Crippen molar-refractivity contribution in [3.63, 3.8) is 0 Å². The van der Waals surface area contributed by atoms with E-state index in [1.54, 1.807) is 0 Å². The number of nitrogens with zero attached hydrogens (tertiary/aromatic N) is 1. The van der Waals surface area contributed by atoms with Crippen LogP contribution in [0.25, 0.3) is 0 Å². The lowest BCUT2D eigenvalue weighted by molar-refractivity contribution is -0.137. The Hall–Kier alpha value is -1.35. The number of benzene rings is 1. The second-order valence-electron chi connectivity index (χ2n) is 6.54. The lowest BCUT2D eigenvalue weighted by atomic mass is 9.93. The quantitative estimate of drug-likeness (QED) is 0.792. The molecule has 0 aromatic heterocycles. The summed E-state index contributed by atoms with van der Waals surface area (Å²) in [5.74, 6) is 0.317. The molecule has 0 aliphatic rings. The fraction of sp³-hybridized carbons (Fsp3) is 0.611. The summed E-state index contributed by atoms with van der Waals surface area (Å²) in [5.41, 5.74) is 2.68. The minimum Gasteiger partial charge on any atom is -0.481 e. The molecule has 1 atom stereocenters. The molecule has 0 fully saturated rings. The van der Waals surface area contributed by atoms with Gasteiger partial charge in [0.1, 0.15) is 0 Å². The van der Waals surface area contributed by atoms with Gasteiger partial charge in [0, 0.05) is 12.6 Å². The maximum atomic E-state index is 10.7. The molecule has 0 amide bonds. The van der Waals surface area contributed by atoms with Gasteiger partial charge in [0.2, 0.25) is 0 Å². The molecule has 0 radical (unpaired) electrons. The first-order chi connectivity index (χ1) is 9.81. The monoisotopic (exact) mass is 291 g/mol. The first kappa shape index (κ1) is 17.7. The summed E-state index contributed by atoms with van der Waals surface area (Å²) in [6.07, 6.45) is 1.16. The first-order valence-corrected chi connectivity index (χ1v) is 7.82. The van der Waals surface area contributed by atoms with E-state index in [9.17, 15) is 4.79 Å². The van der Waals surface area contributed by atoms with Crippen molar-refractivity contribution in [2.45, 2.75) is 52.5 Å². The number of hydrogen-bond donors (Lipinski definition) is 1. The van der Waals surface area contributed by atoms with Crippen molar-refractivity contribution < 1.29 is 9.90 Å². The van der Waals surface area contributed by atoms with E-state index in [0.717, 1.165) is 6.42 Å². The summed E-state index contributed by atoms with van der Waals surface area (Å²) in [5, 5.41) is 8.83. The van der Waals surface area contributed by atoms with Gasteiger partial charge >= 0.3 is 5.97 Å². The normalized spacial score (nSPS) is 13.1. The van der Waals surface area contributed by atoms with Crippen LogP contribution in [0.3, 0.4) is 0 Å². The Morgan fingerprint density at radius 1 is 1.14 bits per heavy atom. The Morgan fingerprint density at radius 3 is 2.14 bits per heavy atom. The van der Waals surface area contributed by atoms with Gasteiger partial charge in [0.15, 0.2) is 0 Å². The van der Waals surface area contributed by atoms with Gasteiger partial charge in [-0.25, -0.2) is 0 Å². The van der Waals surface area contributed by atoms with Crippen LogP contribution in [0.2, 0.25) is 0 Å². The van der Waals surface area contributed by atoms with Crippen LogP contribution in [-0.2, 0) is 11.2 Å². The summed E-state index contributed by atoms with van der Waals surface area (Å²) in [6.45, 7) is 9.40. The highest BCUT2D eigenvalue weighted by Crippen LogP contribution is 2.19. The third-order valence-electron chi connectivity index (χ3n) is 4.11. The van der Waals surface area contributed by atoms with E-state index in [4.69, 9.17) is 5.11 Å². The van der Waals surface area contributed by atoms with E-state index in [-0.39, 0.29) is 6.42 Å². The lowest BCUT2D eigenvalue weighted by Crippen LogP contribution is -2.39. The molecule has 0 heterocycles. The van der Waals surface area contributed by atoms with Gasteiger partial charge in [-0.2, -0.15) is 0 Å². The molecule has 1 rings (SSSR count). The predicted octanol–water partition coefficient (Wildman–Crippen LogP) is 3.78. The molecule has 0 bridgehead atoms. The van der Waals surface area contributed by atoms with Gasteiger partial charge in [-0.15, -0.1) is 0 Å². The van der Waals surface area contributed by atoms with Crippen molar-refractivity contribution in [3.8, 4) is 0 Å². The van der Waals surface area contributed by atoms with Crippen LogP contribution in [0.1, 0.15) is 51.2 Å². The molecular formula is C18H29NO2. The van der Waals surface area contributed by atoms with Crippen molar-refractivity contribution in [3.05, 3.63) is 35.4 Å². The largest absolute Gasteiger partial charge is 0.481 e. The van der Waals surface area contributed by atoms with Crippen LogP contribution in [-0.4, -0.2) is 35.6 Å². The van der Waals surface area contributed by atoms with Gasteiger partial charge in [0.25, 0.3) is 0 Å². The van der Waals surface area contributed by atoms with E-state index in [2.05, 4.69) is 56.9 Å². The second kappa shape index (κ2) is 8.18. The zero-order valence-electron chi connectivity index (χ0n) is 14.0. The fourth-order valence-electron chi connectivity index (χ4n) is 2.62. The molecule has 0 saturated heterocycles. The van der Waals surface area contributed by atoms with Crippen LogP contribution >= 0.6 is 0 Å². The summed E-state index contributed by atoms with van der Waals surface area (Å²) >= 11 is 0. The van der Waals surface area contributed by atoms with Crippen LogP contribution in [0.4, 0.5) is 0 Å². The Kier molecular flexibility index (Phi) is 6.90. The van der Waals surface area contributed by atoms with Crippen LogP contribution < -0.4 is 0 Å². The van der Waals surface area contributed by atoms with Crippen LogP contribution in [0.15, 0.2) is 24.3 Å². The molecule has 1 N–H and O–H groups in total. The third kappa shape index (κ3) is 5.88. The topological polar surface area (TPSA) is 40.5 Å². The molecular weight excluding hydrogens is 262 g/mol. The zero-order valence-corrected chi connectivity index (χ0v) is 14.0.